The topological polar surface area (TPSA) is 70.4 Å². The molecule has 1 aliphatic rings. The molecule has 6 nitrogen and oxygen atoms in total. The second kappa shape index (κ2) is 5.97. The summed E-state index contributed by atoms with van der Waals surface area (Å²) < 4.78 is 4.69. The first-order valence-electron chi connectivity index (χ1n) is 6.97. The van der Waals surface area contributed by atoms with Gasteiger partial charge in [0.2, 0.25) is 0 Å². The second-order valence-electron chi connectivity index (χ2n) is 5.21. The highest BCUT2D eigenvalue weighted by atomic mass is 16.5. The van der Waals surface area contributed by atoms with Crippen LogP contribution in [0, 0.1) is 0 Å². The average Bonchev–Trinajstić information content (AvgIpc) is 3.10. The second-order valence-corrected chi connectivity index (χ2v) is 5.21. The van der Waals surface area contributed by atoms with Crippen LogP contribution in [0.2, 0.25) is 0 Å². The van der Waals surface area contributed by atoms with E-state index in [1.165, 1.54) is 11.8 Å². The fourth-order valence-electron chi connectivity index (χ4n) is 2.83. The van der Waals surface area contributed by atoms with Crippen LogP contribution in [0.15, 0.2) is 47.2 Å². The van der Waals surface area contributed by atoms with Gasteiger partial charge in [-0.2, -0.15) is 0 Å². The van der Waals surface area contributed by atoms with Crippen molar-refractivity contribution in [2.24, 2.45) is 0 Å². The summed E-state index contributed by atoms with van der Waals surface area (Å²) in [6, 6.07) is 11.8. The Morgan fingerprint density at radius 1 is 1.33 bits per heavy atom. The zero-order chi connectivity index (χ0) is 14.7. The van der Waals surface area contributed by atoms with Gasteiger partial charge < -0.3 is 9.84 Å². The lowest BCUT2D eigenvalue weighted by Crippen LogP contribution is -2.41. The van der Waals surface area contributed by atoms with Gasteiger partial charge in [-0.15, -0.1) is 0 Å². The van der Waals surface area contributed by atoms with Crippen LogP contribution in [0.1, 0.15) is 18.0 Å². The molecule has 0 radical (unpaired) electrons. The van der Waals surface area contributed by atoms with Crippen LogP contribution >= 0.6 is 0 Å². The van der Waals surface area contributed by atoms with E-state index in [0.717, 1.165) is 13.0 Å². The molecule has 2 aromatic rings. The lowest BCUT2D eigenvalue weighted by atomic mass is 10.0. The van der Waals surface area contributed by atoms with Crippen molar-refractivity contribution in [1.29, 1.82) is 0 Å². The third-order valence-electron chi connectivity index (χ3n) is 3.79. The highest BCUT2D eigenvalue weighted by Gasteiger charge is 2.33. The van der Waals surface area contributed by atoms with Gasteiger partial charge in [0.15, 0.2) is 5.82 Å². The van der Waals surface area contributed by atoms with Crippen LogP contribution in [0.4, 0.5) is 10.6 Å². The number of anilines is 1. The molecule has 3 rings (SSSR count). The fourth-order valence-corrected chi connectivity index (χ4v) is 2.83. The van der Waals surface area contributed by atoms with Crippen LogP contribution < -0.4 is 10.6 Å². The molecule has 0 saturated carbocycles. The van der Waals surface area contributed by atoms with Crippen LogP contribution in [0.5, 0.6) is 0 Å². The minimum Gasteiger partial charge on any atom is -0.363 e. The van der Waals surface area contributed by atoms with E-state index < -0.39 is 0 Å². The van der Waals surface area contributed by atoms with E-state index in [9.17, 15) is 4.79 Å². The number of rotatable bonds is 3. The third kappa shape index (κ3) is 3.05. The maximum Gasteiger partial charge on any atom is 0.320 e. The quantitative estimate of drug-likeness (QED) is 0.908. The molecular weight excluding hydrogens is 268 g/mol. The summed E-state index contributed by atoms with van der Waals surface area (Å²) in [5.41, 5.74) is 1.21. The third-order valence-corrected chi connectivity index (χ3v) is 3.79. The molecule has 2 amide bonds. The van der Waals surface area contributed by atoms with Gasteiger partial charge in [-0.05, 0) is 19.0 Å². The van der Waals surface area contributed by atoms with Crippen molar-refractivity contribution in [1.82, 2.24) is 15.4 Å². The van der Waals surface area contributed by atoms with Gasteiger partial charge in [-0.1, -0.05) is 35.5 Å². The Morgan fingerprint density at radius 3 is 2.86 bits per heavy atom. The molecule has 2 N–H and O–H groups in total. The first kappa shape index (κ1) is 13.6. The van der Waals surface area contributed by atoms with E-state index in [2.05, 4.69) is 39.9 Å². The summed E-state index contributed by atoms with van der Waals surface area (Å²) in [7, 11) is 2.08. The van der Waals surface area contributed by atoms with E-state index in [4.69, 9.17) is 4.52 Å². The summed E-state index contributed by atoms with van der Waals surface area (Å²) in [6.07, 6.45) is 2.34. The minimum absolute atomic E-state index is 0.0734. The van der Waals surface area contributed by atoms with Crippen molar-refractivity contribution in [3.63, 3.8) is 0 Å². The summed E-state index contributed by atoms with van der Waals surface area (Å²) in [5.74, 6) is 0.412. The molecule has 2 heterocycles. The Labute approximate surface area is 123 Å². The van der Waals surface area contributed by atoms with Crippen molar-refractivity contribution < 1.29 is 9.32 Å². The highest BCUT2D eigenvalue weighted by molar-refractivity contribution is 5.88. The summed E-state index contributed by atoms with van der Waals surface area (Å²) in [6.45, 7) is 0.953. The molecule has 1 fully saturated rings. The minimum atomic E-state index is -0.259. The summed E-state index contributed by atoms with van der Waals surface area (Å²) in [5, 5.41) is 9.35. The largest absolute Gasteiger partial charge is 0.363 e. The molecule has 21 heavy (non-hydrogen) atoms. The molecule has 6 heteroatoms. The summed E-state index contributed by atoms with van der Waals surface area (Å²) >= 11 is 0. The molecule has 1 saturated heterocycles. The van der Waals surface area contributed by atoms with Gasteiger partial charge in [0.05, 0.1) is 12.1 Å². The van der Waals surface area contributed by atoms with Gasteiger partial charge in [0.1, 0.15) is 6.26 Å². The summed E-state index contributed by atoms with van der Waals surface area (Å²) in [4.78, 5) is 14.3. The molecule has 2 atom stereocenters. The Bertz CT molecular complexity index is 585. The van der Waals surface area contributed by atoms with Gasteiger partial charge in [0.25, 0.3) is 0 Å². The van der Waals surface area contributed by atoms with Gasteiger partial charge in [0, 0.05) is 12.6 Å². The molecule has 1 aromatic carbocycles. The van der Waals surface area contributed by atoms with E-state index in [1.54, 1.807) is 6.07 Å². The first-order chi connectivity index (χ1) is 10.2. The Kier molecular flexibility index (Phi) is 3.87. The smallest absolute Gasteiger partial charge is 0.320 e. The van der Waals surface area contributed by atoms with Crippen molar-refractivity contribution in [2.45, 2.75) is 18.5 Å². The SMILES string of the molecule is CN1CC[C@@H](NC(=O)Nc2ccon2)[C@@H]1c1ccccc1. The number of benzene rings is 1. The number of likely N-dealkylation sites (N-methyl/N-ethyl adjacent to an activating group) is 1. The number of hydrogen-bond acceptors (Lipinski definition) is 4. The zero-order valence-electron chi connectivity index (χ0n) is 11.8. The predicted octanol–water partition coefficient (Wildman–Crippen LogP) is 2.24. The number of urea groups is 1. The van der Waals surface area contributed by atoms with Gasteiger partial charge in [-0.25, -0.2) is 4.79 Å². The number of amides is 2. The molecule has 1 aromatic heterocycles. The highest BCUT2D eigenvalue weighted by Crippen LogP contribution is 2.30. The molecule has 0 bridgehead atoms. The standard InChI is InChI=1S/C15H18N4O2/c1-19-9-7-12(14(19)11-5-3-2-4-6-11)16-15(20)17-13-8-10-21-18-13/h2-6,8,10,12,14H,7,9H2,1H3,(H2,16,17,18,20)/t12-,14+/m1/s1. The van der Waals surface area contributed by atoms with Crippen molar-refractivity contribution in [2.75, 3.05) is 18.9 Å². The first-order valence-corrected chi connectivity index (χ1v) is 6.97. The fraction of sp³-hybridized carbons (Fsp3) is 0.333. The maximum atomic E-state index is 12.0. The zero-order valence-corrected chi connectivity index (χ0v) is 11.8. The van der Waals surface area contributed by atoms with Gasteiger partial charge in [-0.3, -0.25) is 10.2 Å². The van der Waals surface area contributed by atoms with Crippen LogP contribution in [-0.2, 0) is 0 Å². The normalized spacial score (nSPS) is 22.1. The number of hydrogen-bond donors (Lipinski definition) is 2. The van der Waals surface area contributed by atoms with Crippen molar-refractivity contribution >= 4 is 11.8 Å². The van der Waals surface area contributed by atoms with Crippen molar-refractivity contribution in [3.8, 4) is 0 Å². The maximum absolute atomic E-state index is 12.0. The molecule has 0 aliphatic carbocycles. The Morgan fingerprint density at radius 2 is 2.14 bits per heavy atom. The van der Waals surface area contributed by atoms with E-state index in [1.807, 2.05) is 18.2 Å². The Hall–Kier alpha value is -2.34. The lowest BCUT2D eigenvalue weighted by Gasteiger charge is -2.26. The van der Waals surface area contributed by atoms with Crippen LogP contribution in [0.25, 0.3) is 0 Å². The number of carbonyl (C=O) groups excluding carboxylic acids is 1. The molecule has 0 unspecified atom stereocenters. The van der Waals surface area contributed by atoms with Crippen LogP contribution in [0.3, 0.4) is 0 Å². The molecule has 110 valence electrons. The van der Waals surface area contributed by atoms with E-state index in [0.29, 0.717) is 5.82 Å². The van der Waals surface area contributed by atoms with E-state index in [-0.39, 0.29) is 18.1 Å². The number of carbonyl (C=O) groups is 1. The number of aromatic nitrogens is 1. The monoisotopic (exact) mass is 286 g/mol. The van der Waals surface area contributed by atoms with Gasteiger partial charge >= 0.3 is 6.03 Å². The van der Waals surface area contributed by atoms with E-state index >= 15 is 0 Å². The molecule has 0 spiro atoms. The molecule has 1 aliphatic heterocycles. The number of nitrogens with zero attached hydrogens (tertiary/aromatic N) is 2. The average molecular weight is 286 g/mol. The Balaban J connectivity index is 1.68. The van der Waals surface area contributed by atoms with Crippen LogP contribution in [-0.4, -0.2) is 35.7 Å². The van der Waals surface area contributed by atoms with Crippen molar-refractivity contribution in [3.05, 3.63) is 48.2 Å². The predicted molar refractivity (Wildman–Crippen MR) is 78.9 cm³/mol. The number of likely N-dealkylation sites (tertiary alicyclic amines) is 1. The number of nitrogens with one attached hydrogen (secondary N) is 2. The lowest BCUT2D eigenvalue weighted by molar-refractivity contribution is 0.240. The molecular formula is C15H18N4O2.